The fraction of sp³-hybridized carbons (Fsp3) is 0.273. The number of anilines is 1. The number of aliphatic hydroxyl groups is 1. The molecule has 2 rings (SSSR count). The minimum Gasteiger partial charge on any atom is -0.395 e. The van der Waals surface area contributed by atoms with Gasteiger partial charge < -0.3 is 15.0 Å². The van der Waals surface area contributed by atoms with Crippen LogP contribution >= 0.6 is 0 Å². The Bertz CT molecular complexity index is 449. The van der Waals surface area contributed by atoms with Gasteiger partial charge in [-0.25, -0.2) is 0 Å². The number of rotatable bonds is 4. The zero-order valence-corrected chi connectivity index (χ0v) is 9.09. The van der Waals surface area contributed by atoms with Gasteiger partial charge in [-0.2, -0.15) is 0 Å². The van der Waals surface area contributed by atoms with Gasteiger partial charge in [0.15, 0.2) is 5.82 Å². The van der Waals surface area contributed by atoms with Crippen LogP contribution in [-0.4, -0.2) is 33.0 Å². The van der Waals surface area contributed by atoms with E-state index in [-0.39, 0.29) is 6.61 Å². The van der Waals surface area contributed by atoms with Gasteiger partial charge in [0.1, 0.15) is 6.33 Å². The molecule has 2 N–H and O–H groups in total. The number of hydrogen-bond acceptors (Lipinski definition) is 4. The zero-order valence-electron chi connectivity index (χ0n) is 9.09. The number of nitrogens with one attached hydrogen (secondary N) is 1. The molecule has 5 nitrogen and oxygen atoms in total. The summed E-state index contributed by atoms with van der Waals surface area (Å²) in [7, 11) is 1.91. The molecule has 0 amide bonds. The average molecular weight is 218 g/mol. The molecule has 2 aromatic rings. The summed E-state index contributed by atoms with van der Waals surface area (Å²) in [4.78, 5) is 0. The van der Waals surface area contributed by atoms with E-state index >= 15 is 0 Å². The summed E-state index contributed by atoms with van der Waals surface area (Å²) in [5.41, 5.74) is 2.01. The highest BCUT2D eigenvalue weighted by atomic mass is 16.3. The van der Waals surface area contributed by atoms with E-state index < -0.39 is 0 Å². The van der Waals surface area contributed by atoms with E-state index in [1.54, 1.807) is 6.33 Å². The van der Waals surface area contributed by atoms with Crippen molar-refractivity contribution in [2.45, 2.75) is 0 Å². The van der Waals surface area contributed by atoms with E-state index in [9.17, 15) is 0 Å². The van der Waals surface area contributed by atoms with Crippen LogP contribution in [0.3, 0.4) is 0 Å². The summed E-state index contributed by atoms with van der Waals surface area (Å²) in [5, 5.41) is 19.6. The topological polar surface area (TPSA) is 63.0 Å². The quantitative estimate of drug-likeness (QED) is 0.800. The molecule has 0 aliphatic rings. The van der Waals surface area contributed by atoms with Gasteiger partial charge >= 0.3 is 0 Å². The van der Waals surface area contributed by atoms with Gasteiger partial charge in [-0.05, 0) is 24.3 Å². The van der Waals surface area contributed by atoms with Crippen molar-refractivity contribution in [1.82, 2.24) is 14.8 Å². The first-order chi connectivity index (χ1) is 7.81. The van der Waals surface area contributed by atoms with E-state index in [1.165, 1.54) is 0 Å². The molecule has 0 atom stereocenters. The van der Waals surface area contributed by atoms with Gasteiger partial charge in [-0.15, -0.1) is 10.2 Å². The van der Waals surface area contributed by atoms with Crippen molar-refractivity contribution in [3.63, 3.8) is 0 Å². The summed E-state index contributed by atoms with van der Waals surface area (Å²) in [6, 6.07) is 7.87. The minimum atomic E-state index is 0.130. The van der Waals surface area contributed by atoms with Crippen LogP contribution in [0.5, 0.6) is 0 Å². The minimum absolute atomic E-state index is 0.130. The molecule has 0 saturated heterocycles. The predicted octanol–water partition coefficient (Wildman–Crippen LogP) is 0.886. The Morgan fingerprint density at radius 3 is 2.62 bits per heavy atom. The third-order valence-electron chi connectivity index (χ3n) is 2.30. The summed E-state index contributed by atoms with van der Waals surface area (Å²) in [6.45, 7) is 0.689. The van der Waals surface area contributed by atoms with Crippen LogP contribution in [0.4, 0.5) is 5.69 Å². The van der Waals surface area contributed by atoms with Gasteiger partial charge in [0.25, 0.3) is 0 Å². The number of aryl methyl sites for hydroxylation is 1. The standard InChI is InChI=1S/C11H14N4O/c1-15-8-13-14-11(15)9-2-4-10(5-3-9)12-6-7-16/h2-5,8,12,16H,6-7H2,1H3. The van der Waals surface area contributed by atoms with Crippen molar-refractivity contribution in [3.05, 3.63) is 30.6 Å². The molecule has 1 heterocycles. The number of aromatic nitrogens is 3. The normalized spacial score (nSPS) is 10.4. The highest BCUT2D eigenvalue weighted by Crippen LogP contribution is 2.18. The molecule has 0 spiro atoms. The summed E-state index contributed by atoms with van der Waals surface area (Å²) in [5.74, 6) is 0.841. The molecule has 1 aromatic heterocycles. The molecular formula is C11H14N4O. The highest BCUT2D eigenvalue weighted by molar-refractivity contribution is 5.59. The van der Waals surface area contributed by atoms with Gasteiger partial charge in [-0.3, -0.25) is 0 Å². The lowest BCUT2D eigenvalue weighted by molar-refractivity contribution is 0.311. The van der Waals surface area contributed by atoms with E-state index in [1.807, 2.05) is 35.9 Å². The first-order valence-electron chi connectivity index (χ1n) is 5.10. The Balaban J connectivity index is 2.16. The lowest BCUT2D eigenvalue weighted by Crippen LogP contribution is -2.05. The SMILES string of the molecule is Cn1cnnc1-c1ccc(NCCO)cc1. The molecule has 0 aliphatic carbocycles. The second-order valence-corrected chi connectivity index (χ2v) is 3.49. The second kappa shape index (κ2) is 4.76. The Hall–Kier alpha value is -1.88. The largest absolute Gasteiger partial charge is 0.395 e. The lowest BCUT2D eigenvalue weighted by atomic mass is 10.2. The average Bonchev–Trinajstić information content (AvgIpc) is 2.74. The molecule has 1 aromatic carbocycles. The lowest BCUT2D eigenvalue weighted by Gasteiger charge is -2.05. The van der Waals surface area contributed by atoms with Crippen molar-refractivity contribution in [2.24, 2.45) is 7.05 Å². The van der Waals surface area contributed by atoms with Crippen LogP contribution < -0.4 is 5.32 Å². The molecule has 0 saturated carbocycles. The third kappa shape index (κ3) is 2.20. The molecular weight excluding hydrogens is 204 g/mol. The Morgan fingerprint density at radius 2 is 2.06 bits per heavy atom. The molecule has 0 fully saturated rings. The summed E-state index contributed by atoms with van der Waals surface area (Å²) < 4.78 is 1.87. The fourth-order valence-electron chi connectivity index (χ4n) is 1.48. The monoisotopic (exact) mass is 218 g/mol. The maximum atomic E-state index is 8.68. The van der Waals surface area contributed by atoms with E-state index in [0.29, 0.717) is 6.54 Å². The Morgan fingerprint density at radius 1 is 1.31 bits per heavy atom. The predicted molar refractivity (Wildman–Crippen MR) is 62.0 cm³/mol. The first-order valence-corrected chi connectivity index (χ1v) is 5.10. The van der Waals surface area contributed by atoms with Crippen LogP contribution in [0.1, 0.15) is 0 Å². The Kier molecular flexibility index (Phi) is 3.16. The molecule has 0 aliphatic heterocycles. The summed E-state index contributed by atoms with van der Waals surface area (Å²) >= 11 is 0. The summed E-state index contributed by atoms with van der Waals surface area (Å²) in [6.07, 6.45) is 1.67. The van der Waals surface area contributed by atoms with Crippen molar-refractivity contribution in [1.29, 1.82) is 0 Å². The van der Waals surface area contributed by atoms with Gasteiger partial charge in [0.2, 0.25) is 0 Å². The van der Waals surface area contributed by atoms with Gasteiger partial charge in [-0.1, -0.05) is 0 Å². The number of hydrogen-bond donors (Lipinski definition) is 2. The van der Waals surface area contributed by atoms with E-state index in [2.05, 4.69) is 15.5 Å². The van der Waals surface area contributed by atoms with Crippen molar-refractivity contribution >= 4 is 5.69 Å². The molecule has 16 heavy (non-hydrogen) atoms. The first kappa shape index (κ1) is 10.6. The van der Waals surface area contributed by atoms with Crippen molar-refractivity contribution < 1.29 is 5.11 Å². The van der Waals surface area contributed by atoms with Crippen LogP contribution in [-0.2, 0) is 7.05 Å². The Labute approximate surface area is 93.8 Å². The number of benzene rings is 1. The van der Waals surface area contributed by atoms with Crippen LogP contribution in [0.15, 0.2) is 30.6 Å². The highest BCUT2D eigenvalue weighted by Gasteiger charge is 2.03. The van der Waals surface area contributed by atoms with Crippen molar-refractivity contribution in [3.8, 4) is 11.4 Å². The van der Waals surface area contributed by atoms with Crippen LogP contribution in [0, 0.1) is 0 Å². The third-order valence-corrected chi connectivity index (χ3v) is 2.30. The molecule has 5 heteroatoms. The van der Waals surface area contributed by atoms with Gasteiger partial charge in [0, 0.05) is 24.8 Å². The number of nitrogens with zero attached hydrogens (tertiary/aromatic N) is 3. The molecule has 0 bridgehead atoms. The van der Waals surface area contributed by atoms with E-state index in [0.717, 1.165) is 17.1 Å². The fourth-order valence-corrected chi connectivity index (χ4v) is 1.48. The van der Waals surface area contributed by atoms with Crippen molar-refractivity contribution in [2.75, 3.05) is 18.5 Å². The van der Waals surface area contributed by atoms with Gasteiger partial charge in [0.05, 0.1) is 6.61 Å². The smallest absolute Gasteiger partial charge is 0.163 e. The maximum absolute atomic E-state index is 8.68. The molecule has 0 radical (unpaired) electrons. The number of aliphatic hydroxyl groups excluding tert-OH is 1. The molecule has 84 valence electrons. The van der Waals surface area contributed by atoms with Crippen LogP contribution in [0.25, 0.3) is 11.4 Å². The molecule has 0 unspecified atom stereocenters. The van der Waals surface area contributed by atoms with Crippen LogP contribution in [0.2, 0.25) is 0 Å². The van der Waals surface area contributed by atoms with E-state index in [4.69, 9.17) is 5.11 Å². The second-order valence-electron chi connectivity index (χ2n) is 3.49. The zero-order chi connectivity index (χ0) is 11.4. The maximum Gasteiger partial charge on any atom is 0.163 e.